The summed E-state index contributed by atoms with van der Waals surface area (Å²) in [5.74, 6) is -0.664. The van der Waals surface area contributed by atoms with E-state index in [4.69, 9.17) is 9.84 Å². The first kappa shape index (κ1) is 18.2. The van der Waals surface area contributed by atoms with E-state index < -0.39 is 21.6 Å². The number of aliphatic carboxylic acids is 1. The van der Waals surface area contributed by atoms with Crippen LogP contribution in [-0.2, 0) is 21.2 Å². The van der Waals surface area contributed by atoms with Gasteiger partial charge in [-0.15, -0.1) is 0 Å². The molecule has 1 aromatic carbocycles. The minimum atomic E-state index is -3.78. The van der Waals surface area contributed by atoms with Crippen molar-refractivity contribution in [2.45, 2.75) is 42.6 Å². The molecule has 3 rings (SSSR count). The summed E-state index contributed by atoms with van der Waals surface area (Å²) < 4.78 is 32.6. The van der Waals surface area contributed by atoms with Gasteiger partial charge in [-0.2, -0.15) is 4.31 Å². The van der Waals surface area contributed by atoms with Crippen molar-refractivity contribution in [3.8, 4) is 5.75 Å². The van der Waals surface area contributed by atoms with E-state index in [1.54, 1.807) is 6.07 Å². The molecule has 0 amide bonds. The monoisotopic (exact) mass is 369 g/mol. The summed E-state index contributed by atoms with van der Waals surface area (Å²) in [7, 11) is -2.39. The maximum Gasteiger partial charge on any atom is 0.307 e. The predicted molar refractivity (Wildman–Crippen MR) is 90.0 cm³/mol. The van der Waals surface area contributed by atoms with Crippen molar-refractivity contribution in [1.29, 1.82) is 0 Å². The molecule has 0 radical (unpaired) electrons. The van der Waals surface area contributed by atoms with Crippen LogP contribution in [-0.4, -0.2) is 54.7 Å². The lowest BCUT2D eigenvalue weighted by Crippen LogP contribution is -2.41. The molecule has 0 spiro atoms. The molecule has 1 saturated carbocycles. The highest BCUT2D eigenvalue weighted by Gasteiger charge is 2.49. The first-order chi connectivity index (χ1) is 11.8. The van der Waals surface area contributed by atoms with Gasteiger partial charge >= 0.3 is 5.97 Å². The number of carboxylic acid groups (broad SMARTS) is 1. The Morgan fingerprint density at radius 3 is 2.48 bits per heavy atom. The number of methoxy groups -OCH3 is 1. The third-order valence-electron chi connectivity index (χ3n) is 5.18. The fraction of sp³-hybridized carbons (Fsp3) is 0.588. The number of hydrogen-bond acceptors (Lipinski definition) is 5. The Morgan fingerprint density at radius 2 is 1.96 bits per heavy atom. The van der Waals surface area contributed by atoms with Crippen LogP contribution in [0.5, 0.6) is 5.75 Å². The Hall–Kier alpha value is -1.64. The van der Waals surface area contributed by atoms with Gasteiger partial charge in [-0.3, -0.25) is 4.79 Å². The van der Waals surface area contributed by atoms with Gasteiger partial charge < -0.3 is 14.9 Å². The molecule has 0 bridgehead atoms. The Morgan fingerprint density at radius 1 is 1.32 bits per heavy atom. The van der Waals surface area contributed by atoms with E-state index in [1.807, 2.05) is 0 Å². The highest BCUT2D eigenvalue weighted by atomic mass is 32.2. The summed E-state index contributed by atoms with van der Waals surface area (Å²) in [6.45, 7) is 0.698. The highest BCUT2D eigenvalue weighted by molar-refractivity contribution is 7.89. The SMILES string of the molecule is COc1ccc(CC(=O)O)cc1S(=O)(=O)N1CCC(C2(O)CC2)CC1. The molecule has 2 fully saturated rings. The molecule has 8 heteroatoms. The summed E-state index contributed by atoms with van der Waals surface area (Å²) >= 11 is 0. The quantitative estimate of drug-likeness (QED) is 0.782. The zero-order valence-electron chi connectivity index (χ0n) is 14.1. The molecule has 1 saturated heterocycles. The largest absolute Gasteiger partial charge is 0.495 e. The second-order valence-corrected chi connectivity index (χ2v) is 8.74. The van der Waals surface area contributed by atoms with Gasteiger partial charge in [0.15, 0.2) is 0 Å². The van der Waals surface area contributed by atoms with E-state index in [0.717, 1.165) is 12.8 Å². The van der Waals surface area contributed by atoms with Crippen molar-refractivity contribution in [2.75, 3.05) is 20.2 Å². The van der Waals surface area contributed by atoms with Gasteiger partial charge in [-0.1, -0.05) is 6.07 Å². The van der Waals surface area contributed by atoms with Gasteiger partial charge in [0.25, 0.3) is 0 Å². The Balaban J connectivity index is 1.82. The molecule has 2 aliphatic rings. The van der Waals surface area contributed by atoms with Crippen LogP contribution in [0.15, 0.2) is 23.1 Å². The van der Waals surface area contributed by atoms with Gasteiger partial charge in [-0.25, -0.2) is 8.42 Å². The molecule has 0 aromatic heterocycles. The molecule has 1 aliphatic heterocycles. The van der Waals surface area contributed by atoms with Gasteiger partial charge in [0.05, 0.1) is 19.1 Å². The Kier molecular flexibility index (Phi) is 4.78. The van der Waals surface area contributed by atoms with Crippen molar-refractivity contribution in [3.63, 3.8) is 0 Å². The van der Waals surface area contributed by atoms with Crippen LogP contribution >= 0.6 is 0 Å². The highest BCUT2D eigenvalue weighted by Crippen LogP contribution is 2.46. The maximum absolute atomic E-state index is 13.0. The zero-order valence-corrected chi connectivity index (χ0v) is 15.0. The summed E-state index contributed by atoms with van der Waals surface area (Å²) in [5.41, 5.74) is -0.177. The number of aliphatic hydroxyl groups is 1. The lowest BCUT2D eigenvalue weighted by Gasteiger charge is -2.34. The van der Waals surface area contributed by atoms with Crippen molar-refractivity contribution >= 4 is 16.0 Å². The number of piperidine rings is 1. The second-order valence-electron chi connectivity index (χ2n) is 6.84. The first-order valence-corrected chi connectivity index (χ1v) is 9.81. The van der Waals surface area contributed by atoms with Crippen molar-refractivity contribution in [1.82, 2.24) is 4.31 Å². The van der Waals surface area contributed by atoms with E-state index in [9.17, 15) is 18.3 Å². The van der Waals surface area contributed by atoms with Gasteiger partial charge in [0.2, 0.25) is 10.0 Å². The molecule has 7 nitrogen and oxygen atoms in total. The number of nitrogens with zero attached hydrogens (tertiary/aromatic N) is 1. The summed E-state index contributed by atoms with van der Waals surface area (Å²) in [6, 6.07) is 4.43. The molecular weight excluding hydrogens is 346 g/mol. The van der Waals surface area contributed by atoms with E-state index >= 15 is 0 Å². The average molecular weight is 369 g/mol. The molecule has 0 atom stereocenters. The fourth-order valence-electron chi connectivity index (χ4n) is 3.52. The lowest BCUT2D eigenvalue weighted by atomic mass is 9.90. The number of rotatable bonds is 6. The number of carboxylic acids is 1. The number of hydrogen-bond donors (Lipinski definition) is 2. The van der Waals surface area contributed by atoms with E-state index in [1.165, 1.54) is 23.5 Å². The van der Waals surface area contributed by atoms with E-state index in [-0.39, 0.29) is 23.0 Å². The standard InChI is InChI=1S/C17H23NO6S/c1-24-14-3-2-12(11-16(19)20)10-15(14)25(22,23)18-8-4-13(5-9-18)17(21)6-7-17/h2-3,10,13,21H,4-9,11H2,1H3,(H,19,20). The van der Waals surface area contributed by atoms with Gasteiger partial charge in [0, 0.05) is 13.1 Å². The topological polar surface area (TPSA) is 104 Å². The van der Waals surface area contributed by atoms with Crippen LogP contribution in [0.3, 0.4) is 0 Å². The summed E-state index contributed by atoms with van der Waals surface area (Å²) in [4.78, 5) is 10.9. The Bertz CT molecular complexity index is 763. The van der Waals surface area contributed by atoms with Gasteiger partial charge in [0.1, 0.15) is 10.6 Å². The van der Waals surface area contributed by atoms with Crippen LogP contribution in [0, 0.1) is 5.92 Å². The lowest BCUT2D eigenvalue weighted by molar-refractivity contribution is -0.136. The fourth-order valence-corrected chi connectivity index (χ4v) is 5.19. The van der Waals surface area contributed by atoms with E-state index in [2.05, 4.69) is 0 Å². The van der Waals surface area contributed by atoms with E-state index in [0.29, 0.717) is 31.5 Å². The van der Waals surface area contributed by atoms with Crippen LogP contribution in [0.4, 0.5) is 0 Å². The minimum absolute atomic E-state index is 0.00247. The number of carbonyl (C=O) groups is 1. The molecule has 1 heterocycles. The molecular formula is C17H23NO6S. The van der Waals surface area contributed by atoms with Gasteiger partial charge in [-0.05, 0) is 49.3 Å². The maximum atomic E-state index is 13.0. The third-order valence-corrected chi connectivity index (χ3v) is 7.10. The number of ether oxygens (including phenoxy) is 1. The average Bonchev–Trinajstić information content (AvgIpc) is 3.33. The molecule has 1 aromatic rings. The van der Waals surface area contributed by atoms with Crippen LogP contribution in [0.2, 0.25) is 0 Å². The second kappa shape index (κ2) is 6.59. The summed E-state index contributed by atoms with van der Waals surface area (Å²) in [6.07, 6.45) is 2.62. The van der Waals surface area contributed by atoms with Crippen LogP contribution in [0.1, 0.15) is 31.2 Å². The molecule has 138 valence electrons. The number of sulfonamides is 1. The zero-order chi connectivity index (χ0) is 18.2. The van der Waals surface area contributed by atoms with Crippen molar-refractivity contribution < 1.29 is 28.2 Å². The molecule has 1 aliphatic carbocycles. The summed E-state index contributed by atoms with van der Waals surface area (Å²) in [5, 5.41) is 19.2. The smallest absolute Gasteiger partial charge is 0.307 e. The molecule has 2 N–H and O–H groups in total. The predicted octanol–water partition coefficient (Wildman–Crippen LogP) is 1.25. The Labute approximate surface area is 147 Å². The molecule has 0 unspecified atom stereocenters. The minimum Gasteiger partial charge on any atom is -0.495 e. The third kappa shape index (κ3) is 3.65. The normalized spacial score (nSPS) is 21.0. The van der Waals surface area contributed by atoms with Crippen molar-refractivity contribution in [2.24, 2.45) is 5.92 Å². The molecule has 25 heavy (non-hydrogen) atoms. The first-order valence-electron chi connectivity index (χ1n) is 8.37. The van der Waals surface area contributed by atoms with Crippen molar-refractivity contribution in [3.05, 3.63) is 23.8 Å². The van der Waals surface area contributed by atoms with Crippen LogP contribution in [0.25, 0.3) is 0 Å². The van der Waals surface area contributed by atoms with Crippen LogP contribution < -0.4 is 4.74 Å². The number of benzene rings is 1.